The van der Waals surface area contributed by atoms with Crippen molar-refractivity contribution in [2.45, 2.75) is 20.1 Å². The van der Waals surface area contributed by atoms with Crippen molar-refractivity contribution in [1.82, 2.24) is 4.90 Å². The molecule has 1 unspecified atom stereocenters. The standard InChI is InChI=1S/C15H17NO4/c1-9(15(18)19)13-5-16(6-13)14(17)10-2-3-11-7-20-8-12(11)4-10/h2-4,9,13H,5-8H2,1H3,(H,18,19). The van der Waals surface area contributed by atoms with Crippen LogP contribution in [0.25, 0.3) is 0 Å². The zero-order chi connectivity index (χ0) is 14.3. The summed E-state index contributed by atoms with van der Waals surface area (Å²) in [6.07, 6.45) is 0. The summed E-state index contributed by atoms with van der Waals surface area (Å²) < 4.78 is 5.34. The van der Waals surface area contributed by atoms with Gasteiger partial charge in [-0.25, -0.2) is 0 Å². The van der Waals surface area contributed by atoms with Gasteiger partial charge in [-0.2, -0.15) is 0 Å². The van der Waals surface area contributed by atoms with Crippen molar-refractivity contribution in [2.75, 3.05) is 13.1 Å². The van der Waals surface area contributed by atoms with Gasteiger partial charge in [0.15, 0.2) is 0 Å². The van der Waals surface area contributed by atoms with Gasteiger partial charge in [-0.05, 0) is 23.3 Å². The van der Waals surface area contributed by atoms with Crippen molar-refractivity contribution < 1.29 is 19.4 Å². The van der Waals surface area contributed by atoms with Gasteiger partial charge in [0.1, 0.15) is 0 Å². The van der Waals surface area contributed by atoms with E-state index >= 15 is 0 Å². The first-order chi connectivity index (χ1) is 9.56. The summed E-state index contributed by atoms with van der Waals surface area (Å²) in [5.74, 6) is -1.15. The number of carbonyl (C=O) groups is 2. The SMILES string of the molecule is CC(C(=O)O)C1CN(C(=O)c2ccc3c(c2)COC3)C1. The molecule has 1 amide bonds. The third kappa shape index (κ3) is 2.18. The normalized spacial score (nSPS) is 19.4. The number of hydrogen-bond acceptors (Lipinski definition) is 3. The molecule has 106 valence electrons. The number of rotatable bonds is 3. The number of benzene rings is 1. The molecule has 0 spiro atoms. The molecule has 20 heavy (non-hydrogen) atoms. The van der Waals surface area contributed by atoms with Crippen molar-refractivity contribution >= 4 is 11.9 Å². The van der Waals surface area contributed by atoms with Gasteiger partial charge in [-0.15, -0.1) is 0 Å². The highest BCUT2D eigenvalue weighted by Gasteiger charge is 2.37. The molecule has 1 saturated heterocycles. The van der Waals surface area contributed by atoms with E-state index in [-0.39, 0.29) is 11.8 Å². The Labute approximate surface area is 117 Å². The number of ether oxygens (including phenoxy) is 1. The van der Waals surface area contributed by atoms with Crippen molar-refractivity contribution in [1.29, 1.82) is 0 Å². The maximum atomic E-state index is 12.3. The fraction of sp³-hybridized carbons (Fsp3) is 0.467. The Morgan fingerprint density at radius 3 is 2.70 bits per heavy atom. The second-order valence-electron chi connectivity index (χ2n) is 5.57. The van der Waals surface area contributed by atoms with E-state index in [1.165, 1.54) is 0 Å². The zero-order valence-electron chi connectivity index (χ0n) is 11.3. The average molecular weight is 275 g/mol. The van der Waals surface area contributed by atoms with Crippen LogP contribution in [0.1, 0.15) is 28.4 Å². The van der Waals surface area contributed by atoms with Crippen LogP contribution in [-0.2, 0) is 22.7 Å². The van der Waals surface area contributed by atoms with Gasteiger partial charge in [0.2, 0.25) is 0 Å². The minimum atomic E-state index is -0.795. The lowest BCUT2D eigenvalue weighted by atomic mass is 9.86. The topological polar surface area (TPSA) is 66.8 Å². The molecule has 0 aromatic heterocycles. The summed E-state index contributed by atoms with van der Waals surface area (Å²) in [4.78, 5) is 24.9. The van der Waals surface area contributed by atoms with E-state index in [4.69, 9.17) is 9.84 Å². The maximum Gasteiger partial charge on any atom is 0.306 e. The summed E-state index contributed by atoms with van der Waals surface area (Å²) in [6, 6.07) is 5.65. The molecule has 2 aliphatic rings. The molecule has 1 N–H and O–H groups in total. The molecular weight excluding hydrogens is 258 g/mol. The van der Waals surface area contributed by atoms with Crippen molar-refractivity contribution in [2.24, 2.45) is 11.8 Å². The van der Waals surface area contributed by atoms with Crippen LogP contribution in [0, 0.1) is 11.8 Å². The first-order valence-corrected chi connectivity index (χ1v) is 6.78. The van der Waals surface area contributed by atoms with Crippen LogP contribution < -0.4 is 0 Å². The van der Waals surface area contributed by atoms with Gasteiger partial charge in [-0.3, -0.25) is 9.59 Å². The summed E-state index contributed by atoms with van der Waals surface area (Å²) in [5.41, 5.74) is 2.88. The van der Waals surface area contributed by atoms with E-state index in [9.17, 15) is 9.59 Å². The van der Waals surface area contributed by atoms with E-state index in [2.05, 4.69) is 0 Å². The van der Waals surface area contributed by atoms with Crippen molar-refractivity contribution in [3.63, 3.8) is 0 Å². The zero-order valence-corrected chi connectivity index (χ0v) is 11.3. The van der Waals surface area contributed by atoms with Gasteiger partial charge in [-0.1, -0.05) is 13.0 Å². The third-order valence-electron chi connectivity index (χ3n) is 4.26. The Hall–Kier alpha value is -1.88. The highest BCUT2D eigenvalue weighted by molar-refractivity contribution is 5.95. The van der Waals surface area contributed by atoms with E-state index < -0.39 is 11.9 Å². The fourth-order valence-corrected chi connectivity index (χ4v) is 2.68. The molecule has 0 radical (unpaired) electrons. The molecule has 3 rings (SSSR count). The summed E-state index contributed by atoms with van der Waals surface area (Å²) in [7, 11) is 0. The maximum absolute atomic E-state index is 12.3. The number of aliphatic carboxylic acids is 1. The number of likely N-dealkylation sites (tertiary alicyclic amines) is 1. The van der Waals surface area contributed by atoms with Crippen LogP contribution in [0.2, 0.25) is 0 Å². The van der Waals surface area contributed by atoms with Crippen molar-refractivity contribution in [3.05, 3.63) is 34.9 Å². The lowest BCUT2D eigenvalue weighted by Gasteiger charge is -2.41. The smallest absolute Gasteiger partial charge is 0.306 e. The summed E-state index contributed by atoms with van der Waals surface area (Å²) in [5, 5.41) is 8.95. The monoisotopic (exact) mass is 275 g/mol. The predicted octanol–water partition coefficient (Wildman–Crippen LogP) is 1.51. The van der Waals surface area contributed by atoms with Crippen LogP contribution in [0.5, 0.6) is 0 Å². The van der Waals surface area contributed by atoms with Crippen LogP contribution in [0.4, 0.5) is 0 Å². The highest BCUT2D eigenvalue weighted by atomic mass is 16.5. The van der Waals surface area contributed by atoms with E-state index in [0.717, 1.165) is 11.1 Å². The number of carboxylic acid groups (broad SMARTS) is 1. The number of hydrogen-bond donors (Lipinski definition) is 1. The molecule has 0 bridgehead atoms. The predicted molar refractivity (Wildman–Crippen MR) is 71.1 cm³/mol. The first-order valence-electron chi connectivity index (χ1n) is 6.78. The van der Waals surface area contributed by atoms with Crippen molar-refractivity contribution in [3.8, 4) is 0 Å². The molecule has 0 saturated carbocycles. The molecule has 1 aromatic carbocycles. The van der Waals surface area contributed by atoms with Gasteiger partial charge in [0.25, 0.3) is 5.91 Å². The largest absolute Gasteiger partial charge is 0.481 e. The van der Waals surface area contributed by atoms with E-state index in [1.54, 1.807) is 11.8 Å². The Bertz CT molecular complexity index is 563. The van der Waals surface area contributed by atoms with Crippen LogP contribution in [0.3, 0.4) is 0 Å². The molecule has 2 heterocycles. The highest BCUT2D eigenvalue weighted by Crippen LogP contribution is 2.27. The van der Waals surface area contributed by atoms with Crippen LogP contribution in [-0.4, -0.2) is 35.0 Å². The number of nitrogens with zero attached hydrogens (tertiary/aromatic N) is 1. The molecule has 5 heteroatoms. The minimum Gasteiger partial charge on any atom is -0.481 e. The van der Waals surface area contributed by atoms with Crippen LogP contribution >= 0.6 is 0 Å². The molecule has 5 nitrogen and oxygen atoms in total. The second kappa shape index (κ2) is 4.90. The average Bonchev–Trinajstić information content (AvgIpc) is 2.83. The lowest BCUT2D eigenvalue weighted by Crippen LogP contribution is -2.53. The third-order valence-corrected chi connectivity index (χ3v) is 4.26. The number of fused-ring (bicyclic) bond motifs is 1. The molecular formula is C15H17NO4. The number of amides is 1. The molecule has 2 aliphatic heterocycles. The Kier molecular flexibility index (Phi) is 3.22. The number of carbonyl (C=O) groups excluding carboxylic acids is 1. The van der Waals surface area contributed by atoms with E-state index in [0.29, 0.717) is 31.9 Å². The summed E-state index contributed by atoms with van der Waals surface area (Å²) >= 11 is 0. The molecule has 1 fully saturated rings. The Balaban J connectivity index is 1.65. The van der Waals surface area contributed by atoms with Gasteiger partial charge in [0.05, 0.1) is 19.1 Å². The quantitative estimate of drug-likeness (QED) is 0.908. The van der Waals surface area contributed by atoms with Gasteiger partial charge < -0.3 is 14.7 Å². The molecule has 1 atom stereocenters. The summed E-state index contributed by atoms with van der Waals surface area (Å²) in [6.45, 7) is 3.93. The Morgan fingerprint density at radius 1 is 1.30 bits per heavy atom. The Morgan fingerprint density at radius 2 is 2.00 bits per heavy atom. The fourth-order valence-electron chi connectivity index (χ4n) is 2.68. The number of carboxylic acids is 1. The second-order valence-corrected chi connectivity index (χ2v) is 5.57. The lowest BCUT2D eigenvalue weighted by molar-refractivity contribution is -0.144. The van der Waals surface area contributed by atoms with E-state index in [1.807, 2.05) is 18.2 Å². The first kappa shape index (κ1) is 13.1. The van der Waals surface area contributed by atoms with Crippen LogP contribution in [0.15, 0.2) is 18.2 Å². The van der Waals surface area contributed by atoms with Gasteiger partial charge in [0, 0.05) is 24.6 Å². The molecule has 0 aliphatic carbocycles. The molecule has 1 aromatic rings. The minimum absolute atomic E-state index is 0.0199. The van der Waals surface area contributed by atoms with Gasteiger partial charge >= 0.3 is 5.97 Å².